The molecule has 0 N–H and O–H groups in total. The molecule has 2 aromatic heterocycles. The van der Waals surface area contributed by atoms with Crippen molar-refractivity contribution in [3.05, 3.63) is 83.4 Å². The molecule has 3 heterocycles. The van der Waals surface area contributed by atoms with E-state index in [1.165, 1.54) is 28.4 Å². The topological polar surface area (TPSA) is 66.4 Å². The van der Waals surface area contributed by atoms with Crippen LogP contribution < -0.4 is 9.80 Å². The molecule has 0 aliphatic carbocycles. The minimum absolute atomic E-state index is 0.0798. The lowest BCUT2D eigenvalue weighted by Crippen LogP contribution is -2.37. The fourth-order valence-electron chi connectivity index (χ4n) is 3.88. The predicted molar refractivity (Wildman–Crippen MR) is 127 cm³/mol. The van der Waals surface area contributed by atoms with Gasteiger partial charge in [-0.05, 0) is 54.1 Å². The van der Waals surface area contributed by atoms with Crippen LogP contribution in [0, 0.1) is 11.7 Å². The zero-order valence-electron chi connectivity index (χ0n) is 17.3. The number of aromatic nitrogens is 2. The fourth-order valence-corrected chi connectivity index (χ4v) is 5.13. The third kappa shape index (κ3) is 4.44. The highest BCUT2D eigenvalue weighted by molar-refractivity contribution is 7.22. The summed E-state index contributed by atoms with van der Waals surface area (Å²) in [6.07, 6.45) is 3.46. The monoisotopic (exact) mass is 480 g/mol. The van der Waals surface area contributed by atoms with Crippen LogP contribution in [0.3, 0.4) is 0 Å². The number of thiazole rings is 1. The predicted octanol–water partition coefficient (Wildman–Crippen LogP) is 5.07. The van der Waals surface area contributed by atoms with E-state index in [4.69, 9.17) is 11.6 Å². The molecule has 1 aliphatic heterocycles. The van der Waals surface area contributed by atoms with Crippen molar-refractivity contribution in [2.24, 2.45) is 5.92 Å². The van der Waals surface area contributed by atoms with Crippen molar-refractivity contribution in [1.82, 2.24) is 9.97 Å². The summed E-state index contributed by atoms with van der Waals surface area (Å²) in [6.45, 7) is 0.505. The molecule has 5 rings (SSSR count). The number of hydrogen-bond acceptors (Lipinski definition) is 5. The minimum atomic E-state index is -0.546. The number of anilines is 2. The maximum Gasteiger partial charge on any atom is 0.234 e. The van der Waals surface area contributed by atoms with Gasteiger partial charge < -0.3 is 4.90 Å². The number of hydrogen-bond donors (Lipinski definition) is 0. The Bertz CT molecular complexity index is 1330. The average molecular weight is 481 g/mol. The van der Waals surface area contributed by atoms with Gasteiger partial charge in [-0.15, -0.1) is 0 Å². The summed E-state index contributed by atoms with van der Waals surface area (Å²) < 4.78 is 14.2. The van der Waals surface area contributed by atoms with E-state index in [0.29, 0.717) is 15.8 Å². The van der Waals surface area contributed by atoms with Gasteiger partial charge >= 0.3 is 0 Å². The zero-order valence-corrected chi connectivity index (χ0v) is 18.9. The van der Waals surface area contributed by atoms with E-state index in [-0.39, 0.29) is 37.1 Å². The van der Waals surface area contributed by atoms with Gasteiger partial charge in [0.15, 0.2) is 5.13 Å². The molecule has 9 heteroatoms. The third-order valence-corrected chi connectivity index (χ3v) is 6.79. The molecule has 166 valence electrons. The van der Waals surface area contributed by atoms with Gasteiger partial charge in [0.1, 0.15) is 5.82 Å². The molecule has 1 fully saturated rings. The molecular weight excluding hydrogens is 463 g/mol. The van der Waals surface area contributed by atoms with E-state index in [1.54, 1.807) is 35.5 Å². The molecule has 33 heavy (non-hydrogen) atoms. The van der Waals surface area contributed by atoms with Crippen LogP contribution in [0.2, 0.25) is 5.02 Å². The smallest absolute Gasteiger partial charge is 0.234 e. The summed E-state index contributed by atoms with van der Waals surface area (Å²) in [5, 5.41) is 1.13. The van der Waals surface area contributed by atoms with Gasteiger partial charge in [0, 0.05) is 36.1 Å². The average Bonchev–Trinajstić information content (AvgIpc) is 3.41. The second kappa shape index (κ2) is 8.88. The van der Waals surface area contributed by atoms with Crippen LogP contribution in [0.25, 0.3) is 10.2 Å². The van der Waals surface area contributed by atoms with Crippen LogP contribution in [0.4, 0.5) is 15.2 Å². The third-order valence-electron chi connectivity index (χ3n) is 5.51. The van der Waals surface area contributed by atoms with Crippen molar-refractivity contribution in [1.29, 1.82) is 0 Å². The fraction of sp³-hybridized carbons (Fsp3) is 0.167. The van der Waals surface area contributed by atoms with Crippen LogP contribution in [0.1, 0.15) is 12.0 Å². The van der Waals surface area contributed by atoms with Gasteiger partial charge in [0.05, 0.1) is 22.7 Å². The summed E-state index contributed by atoms with van der Waals surface area (Å²) in [4.78, 5) is 38.3. The van der Waals surface area contributed by atoms with Crippen molar-refractivity contribution in [3.63, 3.8) is 0 Å². The quantitative estimate of drug-likeness (QED) is 0.400. The standard InChI is InChI=1S/C24H18ClFN4O2S/c25-17-3-8-20-21(11-17)33-24(28-20)30(13-15-2-1-9-27-12-15)23(32)16-10-22(31)29(14-16)19-6-4-18(26)5-7-19/h1-9,11-12,16H,10,13-14H2. The number of benzene rings is 2. The SMILES string of the molecule is O=C1CC(C(=O)N(Cc2cccnc2)c2nc3ccc(Cl)cc3s2)CN1c1ccc(F)cc1. The lowest BCUT2D eigenvalue weighted by atomic mass is 10.1. The molecule has 4 aromatic rings. The van der Waals surface area contributed by atoms with E-state index in [9.17, 15) is 14.0 Å². The zero-order chi connectivity index (χ0) is 22.9. The Balaban J connectivity index is 1.46. The Morgan fingerprint density at radius 3 is 2.79 bits per heavy atom. The van der Waals surface area contributed by atoms with Crippen LogP contribution >= 0.6 is 22.9 Å². The van der Waals surface area contributed by atoms with E-state index in [2.05, 4.69) is 9.97 Å². The molecule has 0 bridgehead atoms. The van der Waals surface area contributed by atoms with Crippen LogP contribution in [-0.2, 0) is 16.1 Å². The highest BCUT2D eigenvalue weighted by Crippen LogP contribution is 2.34. The first-order chi connectivity index (χ1) is 16.0. The molecule has 1 unspecified atom stereocenters. The molecule has 0 spiro atoms. The van der Waals surface area contributed by atoms with Gasteiger partial charge in [0.2, 0.25) is 11.8 Å². The molecule has 1 atom stereocenters. The Morgan fingerprint density at radius 2 is 2.03 bits per heavy atom. The maximum absolute atomic E-state index is 13.7. The maximum atomic E-state index is 13.7. The van der Waals surface area contributed by atoms with E-state index in [0.717, 1.165) is 15.8 Å². The summed E-state index contributed by atoms with van der Waals surface area (Å²) in [5.41, 5.74) is 2.17. The Labute approximate surface area is 198 Å². The van der Waals surface area contributed by atoms with Crippen LogP contribution in [0.15, 0.2) is 67.0 Å². The number of nitrogens with zero attached hydrogens (tertiary/aromatic N) is 4. The summed E-state index contributed by atoms with van der Waals surface area (Å²) >= 11 is 7.50. The first-order valence-electron chi connectivity index (χ1n) is 10.3. The number of carbonyl (C=O) groups is 2. The van der Waals surface area contributed by atoms with Gasteiger partial charge in [-0.2, -0.15) is 0 Å². The molecule has 2 amide bonds. The van der Waals surface area contributed by atoms with Gasteiger partial charge in [-0.25, -0.2) is 9.37 Å². The number of fused-ring (bicyclic) bond motifs is 1. The van der Waals surface area contributed by atoms with Crippen molar-refractivity contribution in [2.45, 2.75) is 13.0 Å². The lowest BCUT2D eigenvalue weighted by molar-refractivity contribution is -0.124. The highest BCUT2D eigenvalue weighted by Gasteiger charge is 2.38. The minimum Gasteiger partial charge on any atom is -0.312 e. The Morgan fingerprint density at radius 1 is 1.21 bits per heavy atom. The highest BCUT2D eigenvalue weighted by atomic mass is 35.5. The number of amides is 2. The number of pyridine rings is 1. The van der Waals surface area contributed by atoms with E-state index in [1.807, 2.05) is 24.3 Å². The number of halogens is 2. The normalized spacial score (nSPS) is 15.9. The van der Waals surface area contributed by atoms with Crippen LogP contribution in [-0.4, -0.2) is 28.3 Å². The van der Waals surface area contributed by atoms with Gasteiger partial charge in [-0.1, -0.05) is 29.0 Å². The molecule has 1 saturated heterocycles. The second-order valence-electron chi connectivity index (χ2n) is 7.78. The first kappa shape index (κ1) is 21.5. The van der Waals surface area contributed by atoms with Crippen LogP contribution in [0.5, 0.6) is 0 Å². The van der Waals surface area contributed by atoms with Crippen molar-refractivity contribution < 1.29 is 14.0 Å². The van der Waals surface area contributed by atoms with Crippen molar-refractivity contribution in [3.8, 4) is 0 Å². The van der Waals surface area contributed by atoms with Gasteiger partial charge in [0.25, 0.3) is 0 Å². The lowest BCUT2D eigenvalue weighted by Gasteiger charge is -2.23. The second-order valence-corrected chi connectivity index (χ2v) is 9.22. The largest absolute Gasteiger partial charge is 0.312 e. The van der Waals surface area contributed by atoms with Gasteiger partial charge in [-0.3, -0.25) is 19.5 Å². The van der Waals surface area contributed by atoms with Crippen molar-refractivity contribution >= 4 is 55.8 Å². The summed E-state index contributed by atoms with van der Waals surface area (Å²) in [6, 6.07) is 14.8. The molecule has 0 radical (unpaired) electrons. The summed E-state index contributed by atoms with van der Waals surface area (Å²) in [7, 11) is 0. The first-order valence-corrected chi connectivity index (χ1v) is 11.5. The molecule has 6 nitrogen and oxygen atoms in total. The number of rotatable bonds is 5. The Kier molecular flexibility index (Phi) is 5.78. The summed E-state index contributed by atoms with van der Waals surface area (Å²) in [5.74, 6) is -1.29. The Hall–Kier alpha value is -3.36. The molecule has 1 aliphatic rings. The van der Waals surface area contributed by atoms with Crippen molar-refractivity contribution in [2.75, 3.05) is 16.3 Å². The number of carbonyl (C=O) groups excluding carboxylic acids is 2. The van der Waals surface area contributed by atoms with E-state index >= 15 is 0 Å². The molecule has 0 saturated carbocycles. The molecular formula is C24H18ClFN4O2S. The molecule has 2 aromatic carbocycles. The van der Waals surface area contributed by atoms with E-state index < -0.39 is 5.92 Å².